The molecule has 66 valence electrons. The standard InChI is InChI=1S/C8H10BrNO2/c9-8-5-7(12-10-8)6-1-3-11-4-2-6/h5-6H,1-4H2. The predicted molar refractivity (Wildman–Crippen MR) is 47.0 cm³/mol. The summed E-state index contributed by atoms with van der Waals surface area (Å²) >= 11 is 3.26. The number of ether oxygens (including phenoxy) is 1. The van der Waals surface area contributed by atoms with Crippen LogP contribution in [-0.2, 0) is 4.74 Å². The Kier molecular flexibility index (Phi) is 2.46. The second kappa shape index (κ2) is 3.58. The molecule has 0 aliphatic carbocycles. The van der Waals surface area contributed by atoms with Crippen LogP contribution in [0.2, 0.25) is 0 Å². The van der Waals surface area contributed by atoms with Crippen LogP contribution in [0.3, 0.4) is 0 Å². The van der Waals surface area contributed by atoms with Crippen molar-refractivity contribution in [1.82, 2.24) is 5.16 Å². The minimum absolute atomic E-state index is 0.498. The maximum absolute atomic E-state index is 5.25. The van der Waals surface area contributed by atoms with Crippen LogP contribution in [0.5, 0.6) is 0 Å². The summed E-state index contributed by atoms with van der Waals surface area (Å²) in [5, 5.41) is 3.79. The van der Waals surface area contributed by atoms with Gasteiger partial charge in [0.25, 0.3) is 0 Å². The predicted octanol–water partition coefficient (Wildman–Crippen LogP) is 2.33. The van der Waals surface area contributed by atoms with Gasteiger partial charge in [-0.15, -0.1) is 0 Å². The van der Waals surface area contributed by atoms with Crippen molar-refractivity contribution in [2.75, 3.05) is 13.2 Å². The molecule has 1 aliphatic heterocycles. The first-order valence-electron chi connectivity index (χ1n) is 4.06. The van der Waals surface area contributed by atoms with E-state index in [1.54, 1.807) is 0 Å². The monoisotopic (exact) mass is 231 g/mol. The molecule has 3 nitrogen and oxygen atoms in total. The van der Waals surface area contributed by atoms with E-state index in [1.807, 2.05) is 6.07 Å². The first kappa shape index (κ1) is 8.26. The molecular formula is C8H10BrNO2. The molecule has 1 fully saturated rings. The van der Waals surface area contributed by atoms with Gasteiger partial charge in [-0.25, -0.2) is 0 Å². The summed E-state index contributed by atoms with van der Waals surface area (Å²) in [6.07, 6.45) is 2.09. The summed E-state index contributed by atoms with van der Waals surface area (Å²) in [6.45, 7) is 1.67. The Balaban J connectivity index is 2.08. The van der Waals surface area contributed by atoms with E-state index in [4.69, 9.17) is 9.26 Å². The molecule has 0 aromatic carbocycles. The molecule has 2 rings (SSSR count). The van der Waals surface area contributed by atoms with E-state index in [2.05, 4.69) is 21.1 Å². The second-order valence-electron chi connectivity index (χ2n) is 2.94. The van der Waals surface area contributed by atoms with E-state index in [9.17, 15) is 0 Å². The first-order valence-corrected chi connectivity index (χ1v) is 4.85. The summed E-state index contributed by atoms with van der Waals surface area (Å²) in [5.74, 6) is 1.47. The number of halogens is 1. The summed E-state index contributed by atoms with van der Waals surface area (Å²) in [5.41, 5.74) is 0. The van der Waals surface area contributed by atoms with Gasteiger partial charge in [-0.05, 0) is 28.8 Å². The second-order valence-corrected chi connectivity index (χ2v) is 3.75. The Morgan fingerprint density at radius 3 is 2.75 bits per heavy atom. The van der Waals surface area contributed by atoms with E-state index in [1.165, 1.54) is 0 Å². The molecule has 0 saturated carbocycles. The number of hydrogen-bond acceptors (Lipinski definition) is 3. The molecule has 0 radical (unpaired) electrons. The summed E-state index contributed by atoms with van der Waals surface area (Å²) in [7, 11) is 0. The van der Waals surface area contributed by atoms with E-state index in [0.717, 1.165) is 36.4 Å². The highest BCUT2D eigenvalue weighted by Gasteiger charge is 2.19. The zero-order valence-electron chi connectivity index (χ0n) is 6.62. The van der Waals surface area contributed by atoms with Gasteiger partial charge in [-0.2, -0.15) is 0 Å². The normalized spacial score (nSPS) is 19.8. The summed E-state index contributed by atoms with van der Waals surface area (Å²) in [4.78, 5) is 0. The molecule has 1 aromatic heterocycles. The Labute approximate surface area is 79.2 Å². The van der Waals surface area contributed by atoms with Gasteiger partial charge in [-0.1, -0.05) is 5.16 Å². The minimum Gasteiger partial charge on any atom is -0.381 e. The van der Waals surface area contributed by atoms with Crippen LogP contribution in [0.25, 0.3) is 0 Å². The van der Waals surface area contributed by atoms with Crippen molar-refractivity contribution < 1.29 is 9.26 Å². The zero-order valence-corrected chi connectivity index (χ0v) is 8.21. The molecule has 1 saturated heterocycles. The third-order valence-electron chi connectivity index (χ3n) is 2.12. The van der Waals surface area contributed by atoms with Crippen molar-refractivity contribution in [3.63, 3.8) is 0 Å². The Hall–Kier alpha value is -0.350. The highest BCUT2D eigenvalue weighted by molar-refractivity contribution is 9.10. The molecule has 4 heteroatoms. The highest BCUT2D eigenvalue weighted by atomic mass is 79.9. The molecule has 2 heterocycles. The maximum atomic E-state index is 5.25. The Morgan fingerprint density at radius 1 is 1.42 bits per heavy atom. The van der Waals surface area contributed by atoms with E-state index in [-0.39, 0.29) is 0 Å². The summed E-state index contributed by atoms with van der Waals surface area (Å²) in [6, 6.07) is 1.94. The molecule has 0 spiro atoms. The van der Waals surface area contributed by atoms with Crippen LogP contribution in [0, 0.1) is 0 Å². The van der Waals surface area contributed by atoms with Crippen molar-refractivity contribution in [2.45, 2.75) is 18.8 Å². The van der Waals surface area contributed by atoms with E-state index < -0.39 is 0 Å². The lowest BCUT2D eigenvalue weighted by molar-refractivity contribution is 0.0791. The minimum atomic E-state index is 0.498. The fourth-order valence-electron chi connectivity index (χ4n) is 1.44. The van der Waals surface area contributed by atoms with Crippen LogP contribution in [-0.4, -0.2) is 18.4 Å². The van der Waals surface area contributed by atoms with Gasteiger partial charge in [0.15, 0.2) is 0 Å². The molecule has 12 heavy (non-hydrogen) atoms. The van der Waals surface area contributed by atoms with Gasteiger partial charge in [0.2, 0.25) is 0 Å². The molecule has 0 unspecified atom stereocenters. The van der Waals surface area contributed by atoms with Gasteiger partial charge in [-0.3, -0.25) is 0 Å². The Bertz CT molecular complexity index is 255. The van der Waals surface area contributed by atoms with Crippen LogP contribution >= 0.6 is 15.9 Å². The summed E-state index contributed by atoms with van der Waals surface area (Å²) < 4.78 is 11.2. The van der Waals surface area contributed by atoms with Crippen LogP contribution < -0.4 is 0 Å². The smallest absolute Gasteiger partial charge is 0.149 e. The largest absolute Gasteiger partial charge is 0.381 e. The maximum Gasteiger partial charge on any atom is 0.149 e. The fraction of sp³-hybridized carbons (Fsp3) is 0.625. The number of nitrogens with zero attached hydrogens (tertiary/aromatic N) is 1. The molecule has 0 atom stereocenters. The first-order chi connectivity index (χ1) is 5.86. The van der Waals surface area contributed by atoms with Crippen LogP contribution in [0.1, 0.15) is 24.5 Å². The van der Waals surface area contributed by atoms with Crippen molar-refractivity contribution in [1.29, 1.82) is 0 Å². The molecule has 0 N–H and O–H groups in total. The number of hydrogen-bond donors (Lipinski definition) is 0. The quantitative estimate of drug-likeness (QED) is 0.745. The Morgan fingerprint density at radius 2 is 2.17 bits per heavy atom. The molecule has 1 aliphatic rings. The topological polar surface area (TPSA) is 35.3 Å². The lowest BCUT2D eigenvalue weighted by Crippen LogP contribution is -2.13. The van der Waals surface area contributed by atoms with Crippen LogP contribution in [0.4, 0.5) is 0 Å². The van der Waals surface area contributed by atoms with Gasteiger partial charge < -0.3 is 9.26 Å². The van der Waals surface area contributed by atoms with Gasteiger partial charge >= 0.3 is 0 Å². The SMILES string of the molecule is Brc1cc(C2CCOCC2)on1. The van der Waals surface area contributed by atoms with Crippen molar-refractivity contribution in [3.05, 3.63) is 16.4 Å². The van der Waals surface area contributed by atoms with Gasteiger partial charge in [0.1, 0.15) is 10.4 Å². The highest BCUT2D eigenvalue weighted by Crippen LogP contribution is 2.28. The lowest BCUT2D eigenvalue weighted by Gasteiger charge is -2.18. The number of rotatable bonds is 1. The molecule has 0 bridgehead atoms. The average Bonchev–Trinajstić information content (AvgIpc) is 2.54. The lowest BCUT2D eigenvalue weighted by atomic mass is 9.98. The van der Waals surface area contributed by atoms with E-state index >= 15 is 0 Å². The number of aromatic nitrogens is 1. The third-order valence-corrected chi connectivity index (χ3v) is 2.50. The third kappa shape index (κ3) is 1.69. The van der Waals surface area contributed by atoms with E-state index in [0.29, 0.717) is 5.92 Å². The molecule has 0 amide bonds. The zero-order chi connectivity index (χ0) is 8.39. The van der Waals surface area contributed by atoms with Crippen molar-refractivity contribution in [2.24, 2.45) is 0 Å². The molecule has 1 aromatic rings. The van der Waals surface area contributed by atoms with Crippen molar-refractivity contribution in [3.8, 4) is 0 Å². The van der Waals surface area contributed by atoms with Gasteiger partial charge in [0, 0.05) is 25.2 Å². The van der Waals surface area contributed by atoms with Crippen LogP contribution in [0.15, 0.2) is 15.2 Å². The van der Waals surface area contributed by atoms with Crippen molar-refractivity contribution >= 4 is 15.9 Å². The molecular weight excluding hydrogens is 222 g/mol. The average molecular weight is 232 g/mol. The fourth-order valence-corrected chi connectivity index (χ4v) is 1.74. The van der Waals surface area contributed by atoms with Gasteiger partial charge in [0.05, 0.1) is 0 Å².